The summed E-state index contributed by atoms with van der Waals surface area (Å²) < 4.78 is 1.16. The Morgan fingerprint density at radius 3 is 2.07 bits per heavy atom. The topological polar surface area (TPSA) is 0 Å². The van der Waals surface area contributed by atoms with Crippen molar-refractivity contribution < 1.29 is 0 Å². The molecule has 0 heterocycles. The van der Waals surface area contributed by atoms with Gasteiger partial charge in [0.05, 0.1) is 5.41 Å². The van der Waals surface area contributed by atoms with Crippen LogP contribution in [0, 0.1) is 0 Å². The summed E-state index contributed by atoms with van der Waals surface area (Å²) in [6.45, 7) is 3.83. The average Bonchev–Trinajstić information content (AvgIpc) is 3.13. The van der Waals surface area contributed by atoms with E-state index in [1.807, 2.05) is 18.2 Å². The highest BCUT2D eigenvalue weighted by Gasteiger charge is 2.51. The van der Waals surface area contributed by atoms with Gasteiger partial charge in [-0.05, 0) is 51.1 Å². The van der Waals surface area contributed by atoms with E-state index < -0.39 is 0 Å². The third-order valence-corrected chi connectivity index (χ3v) is 6.85. The molecule has 2 aliphatic carbocycles. The Morgan fingerprint density at radius 1 is 0.815 bits per heavy atom. The molecule has 27 heavy (non-hydrogen) atoms. The quantitative estimate of drug-likeness (QED) is 0.368. The molecule has 0 N–H and O–H groups in total. The summed E-state index contributed by atoms with van der Waals surface area (Å²) in [5.41, 5.74) is 8.39. The molecule has 0 saturated heterocycles. The molecule has 0 nitrogen and oxygen atoms in total. The maximum absolute atomic E-state index is 6.47. The summed E-state index contributed by atoms with van der Waals surface area (Å²) in [5.74, 6) is 0. The molecule has 3 aromatic rings. The van der Waals surface area contributed by atoms with Gasteiger partial charge in [-0.25, -0.2) is 0 Å². The lowest BCUT2D eigenvalue weighted by Gasteiger charge is -2.30. The van der Waals surface area contributed by atoms with Gasteiger partial charge in [0.25, 0.3) is 0 Å². The summed E-state index contributed by atoms with van der Waals surface area (Å²) in [5, 5.41) is 0.754. The minimum atomic E-state index is -0.367. The van der Waals surface area contributed by atoms with E-state index in [4.69, 9.17) is 11.6 Å². The molecule has 1 spiro atoms. The lowest BCUT2D eigenvalue weighted by atomic mass is 9.74. The second-order valence-corrected chi connectivity index (χ2v) is 8.08. The summed E-state index contributed by atoms with van der Waals surface area (Å²) in [6.07, 6.45) is 5.92. The monoisotopic (exact) mass is 430 g/mol. The number of allylic oxidation sites excluding steroid dienone is 5. The van der Waals surface area contributed by atoms with Crippen LogP contribution in [0.2, 0.25) is 5.02 Å². The first kappa shape index (κ1) is 16.8. The van der Waals surface area contributed by atoms with Crippen LogP contribution in [0.4, 0.5) is 0 Å². The Hall–Kier alpha value is -2.35. The molecule has 2 aliphatic rings. The van der Waals surface area contributed by atoms with Crippen LogP contribution in [0.25, 0.3) is 16.7 Å². The maximum Gasteiger partial charge on any atom is 0.0791 e. The van der Waals surface area contributed by atoms with Gasteiger partial charge in [-0.1, -0.05) is 107 Å². The number of rotatable bonds is 2. The van der Waals surface area contributed by atoms with E-state index in [1.54, 1.807) is 0 Å². The first-order valence-electron chi connectivity index (χ1n) is 8.88. The molecule has 0 aliphatic heterocycles. The highest BCUT2D eigenvalue weighted by Crippen LogP contribution is 2.63. The van der Waals surface area contributed by atoms with Crippen molar-refractivity contribution in [3.8, 4) is 11.1 Å². The number of benzene rings is 3. The zero-order valence-corrected chi connectivity index (χ0v) is 16.9. The molecular weight excluding hydrogens is 416 g/mol. The third kappa shape index (κ3) is 2.10. The number of halogens is 2. The van der Waals surface area contributed by atoms with Crippen molar-refractivity contribution in [2.45, 2.75) is 5.41 Å². The van der Waals surface area contributed by atoms with Crippen LogP contribution in [0.15, 0.2) is 96.0 Å². The van der Waals surface area contributed by atoms with Crippen molar-refractivity contribution in [2.24, 2.45) is 0 Å². The summed E-state index contributed by atoms with van der Waals surface area (Å²) in [4.78, 5) is 0. The minimum Gasteiger partial charge on any atom is -0.0991 e. The molecule has 0 amide bonds. The van der Waals surface area contributed by atoms with Crippen molar-refractivity contribution in [1.29, 1.82) is 0 Å². The fourth-order valence-electron chi connectivity index (χ4n) is 4.59. The Kier molecular flexibility index (Phi) is 3.79. The molecule has 0 radical (unpaired) electrons. The highest BCUT2D eigenvalue weighted by atomic mass is 79.9. The van der Waals surface area contributed by atoms with Crippen LogP contribution < -0.4 is 0 Å². The van der Waals surface area contributed by atoms with Gasteiger partial charge in [0.15, 0.2) is 0 Å². The molecule has 130 valence electrons. The van der Waals surface area contributed by atoms with Crippen LogP contribution in [0.1, 0.15) is 22.3 Å². The van der Waals surface area contributed by atoms with E-state index in [2.05, 4.69) is 89.2 Å². The molecule has 0 atom stereocenters. The molecule has 0 fully saturated rings. The summed E-state index contributed by atoms with van der Waals surface area (Å²) in [7, 11) is 0. The Morgan fingerprint density at radius 2 is 1.44 bits per heavy atom. The molecular formula is C25H16BrCl. The maximum atomic E-state index is 6.47. The van der Waals surface area contributed by atoms with Gasteiger partial charge in [-0.2, -0.15) is 0 Å². The first-order valence-corrected chi connectivity index (χ1v) is 10.1. The molecule has 0 unspecified atom stereocenters. The van der Waals surface area contributed by atoms with Crippen molar-refractivity contribution in [3.05, 3.63) is 123 Å². The largest absolute Gasteiger partial charge is 0.0991 e. The van der Waals surface area contributed by atoms with E-state index >= 15 is 0 Å². The molecule has 0 aromatic heterocycles. The van der Waals surface area contributed by atoms with Crippen LogP contribution in [0.5, 0.6) is 0 Å². The van der Waals surface area contributed by atoms with Gasteiger partial charge in [0.2, 0.25) is 0 Å². The van der Waals surface area contributed by atoms with E-state index in [0.717, 1.165) is 9.51 Å². The first-order chi connectivity index (χ1) is 13.2. The number of fused-ring (bicyclic) bond motifs is 7. The summed E-state index contributed by atoms with van der Waals surface area (Å²) in [6, 6.07) is 23.6. The predicted octanol–water partition coefficient (Wildman–Crippen LogP) is 7.52. The van der Waals surface area contributed by atoms with Gasteiger partial charge >= 0.3 is 0 Å². The van der Waals surface area contributed by atoms with E-state index in [-0.39, 0.29) is 5.41 Å². The minimum absolute atomic E-state index is 0.367. The third-order valence-electron chi connectivity index (χ3n) is 5.59. The molecule has 0 bridgehead atoms. The van der Waals surface area contributed by atoms with Crippen LogP contribution in [0.3, 0.4) is 0 Å². The number of hydrogen-bond acceptors (Lipinski definition) is 0. The Bertz CT molecular complexity index is 1120. The molecule has 0 saturated carbocycles. The van der Waals surface area contributed by atoms with E-state index in [0.29, 0.717) is 0 Å². The zero-order chi connectivity index (χ0) is 18.6. The second kappa shape index (κ2) is 6.09. The van der Waals surface area contributed by atoms with Gasteiger partial charge in [-0.15, -0.1) is 0 Å². The lowest BCUT2D eigenvalue weighted by Crippen LogP contribution is -2.25. The fourth-order valence-corrected chi connectivity index (χ4v) is 5.75. The second-order valence-electron chi connectivity index (χ2n) is 6.85. The highest BCUT2D eigenvalue weighted by molar-refractivity contribution is 9.12. The summed E-state index contributed by atoms with van der Waals surface area (Å²) >= 11 is 10.5. The van der Waals surface area contributed by atoms with Gasteiger partial charge in [0, 0.05) is 9.51 Å². The fraction of sp³-hybridized carbons (Fsp3) is 0.0400. The van der Waals surface area contributed by atoms with Crippen LogP contribution >= 0.6 is 27.5 Å². The van der Waals surface area contributed by atoms with Crippen LogP contribution in [-0.4, -0.2) is 0 Å². The Labute approximate surface area is 172 Å². The van der Waals surface area contributed by atoms with Crippen molar-refractivity contribution in [3.63, 3.8) is 0 Å². The standard InChI is InChI=1S/C25H16BrCl/c1-2-3-8-20-19-14-13-16(27)15-23(19)25(24(20)26)21-11-6-4-9-17(21)18-10-5-7-12-22(18)25/h2-15H,1H2/b8-3-. The lowest BCUT2D eigenvalue weighted by molar-refractivity contribution is 0.811. The van der Waals surface area contributed by atoms with Crippen molar-refractivity contribution >= 4 is 33.1 Å². The zero-order valence-electron chi connectivity index (χ0n) is 14.5. The number of hydrogen-bond donors (Lipinski definition) is 0. The van der Waals surface area contributed by atoms with Crippen LogP contribution in [-0.2, 0) is 5.41 Å². The molecule has 3 aromatic carbocycles. The average molecular weight is 432 g/mol. The van der Waals surface area contributed by atoms with Gasteiger partial charge in [0.1, 0.15) is 0 Å². The normalized spacial score (nSPS) is 15.9. The SMILES string of the molecule is C=C/C=C\C1=C(Br)C2(c3cc(Cl)ccc31)c1ccccc1-c1ccccc12. The van der Waals surface area contributed by atoms with Gasteiger partial charge in [-0.3, -0.25) is 0 Å². The van der Waals surface area contributed by atoms with Gasteiger partial charge < -0.3 is 0 Å². The van der Waals surface area contributed by atoms with Crippen molar-refractivity contribution in [2.75, 3.05) is 0 Å². The molecule has 5 rings (SSSR count). The van der Waals surface area contributed by atoms with E-state index in [9.17, 15) is 0 Å². The smallest absolute Gasteiger partial charge is 0.0791 e. The molecule has 2 heteroatoms. The van der Waals surface area contributed by atoms with Crippen molar-refractivity contribution in [1.82, 2.24) is 0 Å². The predicted molar refractivity (Wildman–Crippen MR) is 118 cm³/mol. The van der Waals surface area contributed by atoms with E-state index in [1.165, 1.54) is 39.0 Å². The Balaban J connectivity index is 1.97.